The Bertz CT molecular complexity index is 1400. The molecule has 4 rings (SSSR count). The van der Waals surface area contributed by atoms with E-state index in [9.17, 15) is 4.79 Å². The molecular formula is C34H39N3O4. The molecule has 0 spiro atoms. The molecule has 1 aromatic heterocycles. The van der Waals surface area contributed by atoms with Crippen molar-refractivity contribution in [2.24, 2.45) is 5.92 Å². The van der Waals surface area contributed by atoms with Crippen LogP contribution in [0, 0.1) is 5.92 Å². The van der Waals surface area contributed by atoms with Crippen molar-refractivity contribution in [3.05, 3.63) is 114 Å². The molecule has 3 aromatic carbocycles. The molecule has 0 aliphatic carbocycles. The molecule has 0 saturated carbocycles. The van der Waals surface area contributed by atoms with Crippen molar-refractivity contribution in [3.63, 3.8) is 0 Å². The molecule has 0 unspecified atom stereocenters. The summed E-state index contributed by atoms with van der Waals surface area (Å²) in [7, 11) is 3.07. The summed E-state index contributed by atoms with van der Waals surface area (Å²) in [4.78, 5) is 22.4. The molecule has 0 aliphatic heterocycles. The Kier molecular flexibility index (Phi) is 10.2. The topological polar surface area (TPSA) is 76.7 Å². The third-order valence-corrected chi connectivity index (χ3v) is 6.91. The van der Waals surface area contributed by atoms with Gasteiger partial charge in [0, 0.05) is 17.7 Å². The molecule has 214 valence electrons. The van der Waals surface area contributed by atoms with Gasteiger partial charge in [-0.05, 0) is 47.7 Å². The quantitative estimate of drug-likeness (QED) is 0.170. The first-order valence-corrected chi connectivity index (χ1v) is 13.8. The van der Waals surface area contributed by atoms with Crippen molar-refractivity contribution in [3.8, 4) is 22.9 Å². The number of methoxy groups -OCH3 is 2. The van der Waals surface area contributed by atoms with Crippen molar-refractivity contribution >= 4 is 5.97 Å². The molecule has 0 aliphatic rings. The maximum absolute atomic E-state index is 12.5. The molecule has 4 aromatic rings. The van der Waals surface area contributed by atoms with Gasteiger partial charge in [-0.15, -0.1) is 0 Å². The molecule has 7 nitrogen and oxygen atoms in total. The van der Waals surface area contributed by atoms with Crippen LogP contribution in [0.1, 0.15) is 43.1 Å². The summed E-state index contributed by atoms with van der Waals surface area (Å²) in [5, 5.41) is 0. The van der Waals surface area contributed by atoms with Crippen molar-refractivity contribution in [2.45, 2.75) is 39.3 Å². The molecule has 0 amide bonds. The lowest BCUT2D eigenvalue weighted by Crippen LogP contribution is -2.35. The van der Waals surface area contributed by atoms with E-state index in [0.29, 0.717) is 18.9 Å². The fourth-order valence-corrected chi connectivity index (χ4v) is 4.74. The number of hydrogen-bond acceptors (Lipinski definition) is 6. The van der Waals surface area contributed by atoms with Gasteiger partial charge in [-0.3, -0.25) is 4.79 Å². The third kappa shape index (κ3) is 8.24. The second kappa shape index (κ2) is 14.2. The van der Waals surface area contributed by atoms with Crippen LogP contribution in [0.4, 0.5) is 0 Å². The second-order valence-corrected chi connectivity index (χ2v) is 10.4. The minimum absolute atomic E-state index is 0.0602. The largest absolute Gasteiger partial charge is 0.497 e. The maximum atomic E-state index is 12.5. The molecule has 1 atom stereocenters. The van der Waals surface area contributed by atoms with Crippen molar-refractivity contribution in [1.29, 1.82) is 0 Å². The summed E-state index contributed by atoms with van der Waals surface area (Å²) >= 11 is 0. The Balaban J connectivity index is 1.49. The number of allylic oxidation sites excluding steroid dienone is 1. The SMILES string of the molecule is C=C(Cc1ccc(OC)cc1)N(CC(=O)OC)[C@@H](CC(C)C)c1ccc(OCc2cnc(-c3ccccc3)[nH]2)cc1. The van der Waals surface area contributed by atoms with Gasteiger partial charge in [0.15, 0.2) is 0 Å². The standard InChI is InChI=1S/C34H39N3O4/c1-24(2)19-32(37(22-33(38)40-5)25(3)20-26-11-15-30(39-4)16-12-26)27-13-17-31(18-14-27)41-23-29-21-35-34(36-29)28-9-7-6-8-10-28/h6-18,21,24,32H,3,19-20,22-23H2,1-2,4-5H3,(H,35,36)/t32-/m0/s1. The van der Waals surface area contributed by atoms with Crippen LogP contribution >= 0.6 is 0 Å². The second-order valence-electron chi connectivity index (χ2n) is 10.4. The van der Waals surface area contributed by atoms with Crippen LogP contribution < -0.4 is 9.47 Å². The van der Waals surface area contributed by atoms with Gasteiger partial charge in [-0.25, -0.2) is 4.98 Å². The molecule has 0 saturated heterocycles. The van der Waals surface area contributed by atoms with Gasteiger partial charge in [0.25, 0.3) is 0 Å². The summed E-state index contributed by atoms with van der Waals surface area (Å²) in [6, 6.07) is 25.9. The van der Waals surface area contributed by atoms with E-state index in [1.807, 2.05) is 66.7 Å². The normalized spacial score (nSPS) is 11.6. The summed E-state index contributed by atoms with van der Waals surface area (Å²) in [6.45, 7) is 9.25. The smallest absolute Gasteiger partial charge is 0.325 e. The first-order chi connectivity index (χ1) is 19.9. The molecular weight excluding hydrogens is 514 g/mol. The van der Waals surface area contributed by atoms with E-state index in [0.717, 1.165) is 51.8 Å². The van der Waals surface area contributed by atoms with E-state index in [2.05, 4.69) is 47.4 Å². The third-order valence-electron chi connectivity index (χ3n) is 6.91. The summed E-state index contributed by atoms with van der Waals surface area (Å²) < 4.78 is 16.4. The van der Waals surface area contributed by atoms with E-state index in [-0.39, 0.29) is 18.6 Å². The van der Waals surface area contributed by atoms with Crippen molar-refractivity contribution in [2.75, 3.05) is 20.8 Å². The Hall–Kier alpha value is -4.52. The number of nitrogens with one attached hydrogen (secondary N) is 1. The van der Waals surface area contributed by atoms with Crippen LogP contribution in [0.25, 0.3) is 11.4 Å². The predicted octanol–water partition coefficient (Wildman–Crippen LogP) is 6.98. The zero-order valence-electron chi connectivity index (χ0n) is 24.3. The zero-order valence-corrected chi connectivity index (χ0v) is 24.3. The fraction of sp³-hybridized carbons (Fsp3) is 0.294. The Labute approximate surface area is 242 Å². The lowest BCUT2D eigenvalue weighted by molar-refractivity contribution is -0.142. The highest BCUT2D eigenvalue weighted by molar-refractivity contribution is 5.72. The first-order valence-electron chi connectivity index (χ1n) is 13.8. The van der Waals surface area contributed by atoms with Gasteiger partial charge in [0.05, 0.1) is 32.2 Å². The number of benzene rings is 3. The molecule has 0 bridgehead atoms. The number of nitrogens with zero attached hydrogens (tertiary/aromatic N) is 2. The van der Waals surface area contributed by atoms with Crippen LogP contribution in [0.5, 0.6) is 11.5 Å². The minimum atomic E-state index is -0.302. The van der Waals surface area contributed by atoms with Gasteiger partial charge >= 0.3 is 5.97 Å². The highest BCUT2D eigenvalue weighted by Gasteiger charge is 2.25. The lowest BCUT2D eigenvalue weighted by atomic mass is 9.94. The van der Waals surface area contributed by atoms with Crippen LogP contribution in [-0.4, -0.2) is 41.6 Å². The van der Waals surface area contributed by atoms with E-state index >= 15 is 0 Å². The summed E-state index contributed by atoms with van der Waals surface area (Å²) in [5.74, 6) is 2.46. The number of aromatic nitrogens is 2. The minimum Gasteiger partial charge on any atom is -0.497 e. The van der Waals surface area contributed by atoms with Crippen LogP contribution in [0.15, 0.2) is 97.3 Å². The van der Waals surface area contributed by atoms with E-state index < -0.39 is 0 Å². The summed E-state index contributed by atoms with van der Waals surface area (Å²) in [5.41, 5.74) is 4.94. The van der Waals surface area contributed by atoms with E-state index in [1.54, 1.807) is 13.3 Å². The number of esters is 1. The van der Waals surface area contributed by atoms with Crippen molar-refractivity contribution in [1.82, 2.24) is 14.9 Å². The highest BCUT2D eigenvalue weighted by Crippen LogP contribution is 2.33. The average molecular weight is 554 g/mol. The molecule has 0 fully saturated rings. The number of hydrogen-bond donors (Lipinski definition) is 1. The average Bonchev–Trinajstić information content (AvgIpc) is 3.48. The molecule has 7 heteroatoms. The molecule has 0 radical (unpaired) electrons. The Morgan fingerprint density at radius 2 is 1.63 bits per heavy atom. The van der Waals surface area contributed by atoms with Gasteiger partial charge in [-0.2, -0.15) is 0 Å². The summed E-state index contributed by atoms with van der Waals surface area (Å²) in [6.07, 6.45) is 3.25. The number of rotatable bonds is 14. The van der Waals surface area contributed by atoms with Gasteiger partial charge in [0.1, 0.15) is 30.5 Å². The monoisotopic (exact) mass is 553 g/mol. The van der Waals surface area contributed by atoms with E-state index in [4.69, 9.17) is 14.2 Å². The zero-order chi connectivity index (χ0) is 29.2. The van der Waals surface area contributed by atoms with Crippen LogP contribution in [-0.2, 0) is 22.6 Å². The van der Waals surface area contributed by atoms with Gasteiger partial charge < -0.3 is 24.1 Å². The molecule has 1 N–H and O–H groups in total. The Morgan fingerprint density at radius 1 is 0.951 bits per heavy atom. The fourth-order valence-electron chi connectivity index (χ4n) is 4.74. The maximum Gasteiger partial charge on any atom is 0.325 e. The number of ether oxygens (including phenoxy) is 3. The Morgan fingerprint density at radius 3 is 2.27 bits per heavy atom. The van der Waals surface area contributed by atoms with Gasteiger partial charge in [-0.1, -0.05) is 75.0 Å². The van der Waals surface area contributed by atoms with E-state index in [1.165, 1.54) is 7.11 Å². The number of carbonyl (C=O) groups is 1. The molecule has 1 heterocycles. The van der Waals surface area contributed by atoms with Gasteiger partial charge in [0.2, 0.25) is 0 Å². The van der Waals surface area contributed by atoms with Crippen LogP contribution in [0.3, 0.4) is 0 Å². The number of imidazole rings is 1. The number of carbonyl (C=O) groups excluding carboxylic acids is 1. The highest BCUT2D eigenvalue weighted by atomic mass is 16.5. The lowest BCUT2D eigenvalue weighted by Gasteiger charge is -2.36. The van der Waals surface area contributed by atoms with Crippen LogP contribution in [0.2, 0.25) is 0 Å². The molecule has 41 heavy (non-hydrogen) atoms. The van der Waals surface area contributed by atoms with Crippen molar-refractivity contribution < 1.29 is 19.0 Å². The number of H-pyrrole nitrogens is 1. The predicted molar refractivity (Wildman–Crippen MR) is 162 cm³/mol. The first kappa shape index (κ1) is 29.5. The number of aromatic amines is 1.